The van der Waals surface area contributed by atoms with Crippen LogP contribution in [0, 0.1) is 0 Å². The molecule has 0 aromatic heterocycles. The Hall–Kier alpha value is -0.313. The standard InChI is InChI=1S/C14H23ClOSi/c1-10(2)12-6-5-7-13(14(12)11(3)4)17-16-9-8-15/h5-7,10-11H,8-9,17H2,1-4H3. The predicted molar refractivity (Wildman–Crippen MR) is 79.5 cm³/mol. The second-order valence-corrected chi connectivity index (χ2v) is 6.81. The van der Waals surface area contributed by atoms with Crippen molar-refractivity contribution in [2.45, 2.75) is 39.5 Å². The van der Waals surface area contributed by atoms with Crippen molar-refractivity contribution < 1.29 is 4.43 Å². The van der Waals surface area contributed by atoms with Crippen molar-refractivity contribution in [1.82, 2.24) is 0 Å². The molecule has 1 nitrogen and oxygen atoms in total. The Bertz CT molecular complexity index is 350. The van der Waals surface area contributed by atoms with E-state index < -0.39 is 9.76 Å². The monoisotopic (exact) mass is 270 g/mol. The first-order chi connectivity index (χ1) is 8.07. The van der Waals surface area contributed by atoms with Gasteiger partial charge in [-0.05, 0) is 28.1 Å². The molecule has 0 N–H and O–H groups in total. The first-order valence-electron chi connectivity index (χ1n) is 6.33. The summed E-state index contributed by atoms with van der Waals surface area (Å²) in [5, 5.41) is 1.44. The van der Waals surface area contributed by atoms with Crippen LogP contribution in [0.15, 0.2) is 18.2 Å². The summed E-state index contributed by atoms with van der Waals surface area (Å²) in [5.41, 5.74) is 2.98. The van der Waals surface area contributed by atoms with Crippen molar-refractivity contribution in [3.05, 3.63) is 29.3 Å². The van der Waals surface area contributed by atoms with E-state index in [2.05, 4.69) is 45.9 Å². The zero-order chi connectivity index (χ0) is 12.8. The molecule has 0 aliphatic rings. The highest BCUT2D eigenvalue weighted by Gasteiger charge is 2.14. The van der Waals surface area contributed by atoms with Crippen LogP contribution in [0.1, 0.15) is 50.7 Å². The molecule has 0 amide bonds. The predicted octanol–water partition coefficient (Wildman–Crippen LogP) is 2.90. The van der Waals surface area contributed by atoms with Gasteiger partial charge in [-0.15, -0.1) is 11.6 Å². The van der Waals surface area contributed by atoms with Crippen molar-refractivity contribution in [3.8, 4) is 0 Å². The Morgan fingerprint density at radius 3 is 2.41 bits per heavy atom. The van der Waals surface area contributed by atoms with Gasteiger partial charge < -0.3 is 4.43 Å². The van der Waals surface area contributed by atoms with Gasteiger partial charge >= 0.3 is 0 Å². The Morgan fingerprint density at radius 1 is 1.18 bits per heavy atom. The maximum atomic E-state index is 5.70. The van der Waals surface area contributed by atoms with Crippen LogP contribution in [0.2, 0.25) is 0 Å². The maximum Gasteiger partial charge on any atom is 0.192 e. The summed E-state index contributed by atoms with van der Waals surface area (Å²) < 4.78 is 5.70. The summed E-state index contributed by atoms with van der Waals surface area (Å²) in [5.74, 6) is 1.73. The lowest BCUT2D eigenvalue weighted by Gasteiger charge is -2.20. The minimum absolute atomic E-state index is 0.565. The van der Waals surface area contributed by atoms with E-state index in [1.54, 1.807) is 0 Å². The third-order valence-corrected chi connectivity index (χ3v) is 4.48. The summed E-state index contributed by atoms with van der Waals surface area (Å²) in [7, 11) is -0.632. The average Bonchev–Trinajstić information content (AvgIpc) is 2.28. The van der Waals surface area contributed by atoms with E-state index in [0.717, 1.165) is 0 Å². The number of halogens is 1. The topological polar surface area (TPSA) is 9.23 Å². The molecule has 3 heteroatoms. The molecule has 0 heterocycles. The second-order valence-electron chi connectivity index (χ2n) is 4.97. The molecule has 1 aromatic rings. The minimum Gasteiger partial charge on any atom is -0.417 e. The van der Waals surface area contributed by atoms with E-state index in [1.807, 2.05) is 0 Å². The highest BCUT2D eigenvalue weighted by molar-refractivity contribution is 6.47. The number of alkyl halides is 1. The van der Waals surface area contributed by atoms with Crippen LogP contribution >= 0.6 is 11.6 Å². The molecule has 1 rings (SSSR count). The minimum atomic E-state index is -0.632. The molecule has 0 saturated carbocycles. The quantitative estimate of drug-likeness (QED) is 0.439. The van der Waals surface area contributed by atoms with E-state index in [0.29, 0.717) is 24.3 Å². The van der Waals surface area contributed by atoms with Crippen LogP contribution in [0.25, 0.3) is 0 Å². The lowest BCUT2D eigenvalue weighted by Crippen LogP contribution is -2.25. The first kappa shape index (κ1) is 14.7. The maximum absolute atomic E-state index is 5.70. The van der Waals surface area contributed by atoms with E-state index in [1.165, 1.54) is 16.3 Å². The number of hydrogen-bond acceptors (Lipinski definition) is 1. The number of hydrogen-bond donors (Lipinski definition) is 0. The first-order valence-corrected chi connectivity index (χ1v) is 8.15. The van der Waals surface area contributed by atoms with Crippen molar-refractivity contribution >= 4 is 26.6 Å². The third-order valence-electron chi connectivity index (χ3n) is 2.91. The van der Waals surface area contributed by atoms with Crippen LogP contribution in [0.5, 0.6) is 0 Å². The second kappa shape index (κ2) is 7.19. The number of rotatable bonds is 6. The summed E-state index contributed by atoms with van der Waals surface area (Å²) >= 11 is 5.65. The fourth-order valence-electron chi connectivity index (χ4n) is 2.20. The van der Waals surface area contributed by atoms with Crippen LogP contribution in [-0.4, -0.2) is 22.3 Å². The largest absolute Gasteiger partial charge is 0.417 e. The lowest BCUT2D eigenvalue weighted by molar-refractivity contribution is 0.370. The SMILES string of the molecule is CC(C)c1cccc([SiH2]OCCCl)c1C(C)C. The van der Waals surface area contributed by atoms with Crippen molar-refractivity contribution in [2.75, 3.05) is 12.5 Å². The van der Waals surface area contributed by atoms with Gasteiger partial charge in [0.1, 0.15) is 0 Å². The highest BCUT2D eigenvalue weighted by Crippen LogP contribution is 2.24. The van der Waals surface area contributed by atoms with Gasteiger partial charge in [0.25, 0.3) is 0 Å². The molecular weight excluding hydrogens is 248 g/mol. The van der Waals surface area contributed by atoms with Gasteiger partial charge in [0.2, 0.25) is 0 Å². The molecule has 0 bridgehead atoms. The van der Waals surface area contributed by atoms with E-state index in [-0.39, 0.29) is 0 Å². The molecule has 1 aromatic carbocycles. The van der Waals surface area contributed by atoms with Gasteiger partial charge in [0.15, 0.2) is 9.76 Å². The average molecular weight is 271 g/mol. The Morgan fingerprint density at radius 2 is 1.88 bits per heavy atom. The third kappa shape index (κ3) is 4.13. The van der Waals surface area contributed by atoms with Crippen LogP contribution < -0.4 is 5.19 Å². The lowest BCUT2D eigenvalue weighted by atomic mass is 9.91. The van der Waals surface area contributed by atoms with Crippen molar-refractivity contribution in [2.24, 2.45) is 0 Å². The van der Waals surface area contributed by atoms with Crippen LogP contribution in [0.3, 0.4) is 0 Å². The van der Waals surface area contributed by atoms with Gasteiger partial charge in [-0.25, -0.2) is 0 Å². The molecule has 17 heavy (non-hydrogen) atoms. The summed E-state index contributed by atoms with van der Waals surface area (Å²) in [6.45, 7) is 9.72. The zero-order valence-electron chi connectivity index (χ0n) is 11.3. The molecule has 0 saturated heterocycles. The molecule has 0 aliphatic heterocycles. The molecule has 0 radical (unpaired) electrons. The highest BCUT2D eigenvalue weighted by atomic mass is 35.5. The van der Waals surface area contributed by atoms with E-state index in [4.69, 9.17) is 16.0 Å². The van der Waals surface area contributed by atoms with Crippen molar-refractivity contribution in [1.29, 1.82) is 0 Å². The van der Waals surface area contributed by atoms with Crippen molar-refractivity contribution in [3.63, 3.8) is 0 Å². The Labute approximate surface area is 112 Å². The molecule has 0 atom stereocenters. The van der Waals surface area contributed by atoms with Gasteiger partial charge in [-0.3, -0.25) is 0 Å². The summed E-state index contributed by atoms with van der Waals surface area (Å²) in [6.07, 6.45) is 0. The molecule has 0 fully saturated rings. The Kier molecular flexibility index (Phi) is 6.24. The molecule has 0 unspecified atom stereocenters. The molecule has 0 spiro atoms. The summed E-state index contributed by atoms with van der Waals surface area (Å²) in [6, 6.07) is 6.63. The van der Waals surface area contributed by atoms with Gasteiger partial charge in [-0.1, -0.05) is 45.9 Å². The summed E-state index contributed by atoms with van der Waals surface area (Å²) in [4.78, 5) is 0. The van der Waals surface area contributed by atoms with E-state index >= 15 is 0 Å². The molecule has 0 aliphatic carbocycles. The normalized spacial score (nSPS) is 12.2. The van der Waals surface area contributed by atoms with Gasteiger partial charge in [0, 0.05) is 12.5 Å². The van der Waals surface area contributed by atoms with Gasteiger partial charge in [-0.2, -0.15) is 0 Å². The smallest absolute Gasteiger partial charge is 0.192 e. The molecular formula is C14H23ClOSi. The fourth-order valence-corrected chi connectivity index (χ4v) is 4.00. The fraction of sp³-hybridized carbons (Fsp3) is 0.571. The van der Waals surface area contributed by atoms with Crippen LogP contribution in [-0.2, 0) is 4.43 Å². The molecule has 96 valence electrons. The van der Waals surface area contributed by atoms with Crippen LogP contribution in [0.4, 0.5) is 0 Å². The van der Waals surface area contributed by atoms with E-state index in [9.17, 15) is 0 Å². The number of benzene rings is 1. The Balaban J connectivity index is 2.98. The van der Waals surface area contributed by atoms with Gasteiger partial charge in [0.05, 0.1) is 0 Å². The zero-order valence-corrected chi connectivity index (χ0v) is 13.5.